The predicted octanol–water partition coefficient (Wildman–Crippen LogP) is 2.77. The summed E-state index contributed by atoms with van der Waals surface area (Å²) in [5, 5.41) is 1.87. The lowest BCUT2D eigenvalue weighted by Gasteiger charge is -2.10. The van der Waals surface area contributed by atoms with Crippen LogP contribution in [0.2, 0.25) is 5.02 Å². The number of amides is 1. The highest BCUT2D eigenvalue weighted by atomic mass is 35.5. The fourth-order valence-electron chi connectivity index (χ4n) is 2.88. The number of hydrogen-bond donors (Lipinski definition) is 2. The van der Waals surface area contributed by atoms with E-state index in [0.29, 0.717) is 17.8 Å². The molecule has 11 nitrogen and oxygen atoms in total. The molecule has 14 heteroatoms. The van der Waals surface area contributed by atoms with Crippen LogP contribution in [-0.4, -0.2) is 48.4 Å². The van der Waals surface area contributed by atoms with Crippen LogP contribution in [0.25, 0.3) is 0 Å². The third kappa shape index (κ3) is 6.04. The molecule has 0 aliphatic rings. The molecule has 0 radical (unpaired) electrons. The van der Waals surface area contributed by atoms with E-state index in [1.807, 2.05) is 0 Å². The topological polar surface area (TPSA) is 161 Å². The van der Waals surface area contributed by atoms with E-state index >= 15 is 0 Å². The maximum absolute atomic E-state index is 12.6. The lowest BCUT2D eigenvalue weighted by atomic mass is 10.3. The third-order valence-corrected chi connectivity index (χ3v) is 7.64. The van der Waals surface area contributed by atoms with Gasteiger partial charge in [0.05, 0.1) is 21.9 Å². The molecular formula is C20H21ClN6O5S2. The van der Waals surface area contributed by atoms with Gasteiger partial charge < -0.3 is 5.32 Å². The van der Waals surface area contributed by atoms with Gasteiger partial charge in [0.2, 0.25) is 20.9 Å². The summed E-state index contributed by atoms with van der Waals surface area (Å²) in [6.07, 6.45) is 1.40. The maximum atomic E-state index is 12.6. The predicted molar refractivity (Wildman–Crippen MR) is 126 cm³/mol. The van der Waals surface area contributed by atoms with Crippen molar-refractivity contribution >= 4 is 49.0 Å². The molecule has 2 heterocycles. The summed E-state index contributed by atoms with van der Waals surface area (Å²) in [5.74, 6) is -1.01. The first-order valence-electron chi connectivity index (χ1n) is 9.93. The first-order valence-corrected chi connectivity index (χ1v) is 13.4. The van der Waals surface area contributed by atoms with E-state index in [1.165, 1.54) is 24.3 Å². The van der Waals surface area contributed by atoms with Crippen molar-refractivity contribution < 1.29 is 21.6 Å². The monoisotopic (exact) mass is 524 g/mol. The van der Waals surface area contributed by atoms with Gasteiger partial charge in [0.15, 0.2) is 5.69 Å². The largest absolute Gasteiger partial charge is 0.321 e. The molecule has 0 aliphatic carbocycles. The average Bonchev–Trinajstić information content (AvgIpc) is 2.73. The van der Waals surface area contributed by atoms with Gasteiger partial charge in [-0.2, -0.15) is 0 Å². The Labute approximate surface area is 202 Å². The molecule has 2 N–H and O–H groups in total. The molecule has 0 aliphatic heterocycles. The van der Waals surface area contributed by atoms with E-state index in [-0.39, 0.29) is 33.0 Å². The second kappa shape index (κ2) is 9.99. The molecule has 34 heavy (non-hydrogen) atoms. The smallest absolute Gasteiger partial charge is 0.275 e. The molecule has 180 valence electrons. The Bertz CT molecular complexity index is 1420. The molecule has 3 rings (SSSR count). The van der Waals surface area contributed by atoms with E-state index < -0.39 is 30.9 Å². The molecule has 3 aromatic rings. The van der Waals surface area contributed by atoms with Crippen LogP contribution in [0.1, 0.15) is 35.2 Å². The first-order chi connectivity index (χ1) is 15.9. The number of carbonyl (C=O) groups is 1. The van der Waals surface area contributed by atoms with Crippen LogP contribution in [0, 0.1) is 13.8 Å². The highest BCUT2D eigenvalue weighted by Gasteiger charge is 2.22. The molecule has 0 bridgehead atoms. The van der Waals surface area contributed by atoms with Gasteiger partial charge in [-0.1, -0.05) is 18.5 Å². The number of nitrogens with one attached hydrogen (secondary N) is 2. The number of carbonyl (C=O) groups excluding carboxylic acids is 1. The summed E-state index contributed by atoms with van der Waals surface area (Å²) in [6.45, 7) is 5.13. The van der Waals surface area contributed by atoms with Crippen molar-refractivity contribution in [2.45, 2.75) is 37.2 Å². The van der Waals surface area contributed by atoms with E-state index in [9.17, 15) is 21.6 Å². The summed E-state index contributed by atoms with van der Waals surface area (Å²) in [7, 11) is -7.73. The number of sulfone groups is 1. The summed E-state index contributed by atoms with van der Waals surface area (Å²) >= 11 is 5.99. The van der Waals surface area contributed by atoms with Crippen molar-refractivity contribution in [1.82, 2.24) is 19.9 Å². The Balaban J connectivity index is 1.79. The highest BCUT2D eigenvalue weighted by molar-refractivity contribution is 7.92. The van der Waals surface area contributed by atoms with E-state index in [1.54, 1.807) is 26.8 Å². The van der Waals surface area contributed by atoms with Crippen LogP contribution >= 0.6 is 11.6 Å². The number of sulfonamides is 1. The van der Waals surface area contributed by atoms with E-state index in [0.717, 1.165) is 6.20 Å². The van der Waals surface area contributed by atoms with Gasteiger partial charge in [0.25, 0.3) is 15.9 Å². The molecule has 0 unspecified atom stereocenters. The minimum atomic E-state index is -3.97. The quantitative estimate of drug-likeness (QED) is 0.422. The number of halogens is 1. The fourth-order valence-corrected chi connectivity index (χ4v) is 5.16. The van der Waals surface area contributed by atoms with Crippen LogP contribution in [0.15, 0.2) is 46.6 Å². The van der Waals surface area contributed by atoms with Crippen molar-refractivity contribution in [3.63, 3.8) is 0 Å². The second-order valence-electron chi connectivity index (χ2n) is 7.23. The van der Waals surface area contributed by atoms with Crippen molar-refractivity contribution in [3.8, 4) is 0 Å². The molecule has 0 saturated carbocycles. The highest BCUT2D eigenvalue weighted by Crippen LogP contribution is 2.20. The average molecular weight is 525 g/mol. The second-order valence-corrected chi connectivity index (χ2v) is 11.3. The van der Waals surface area contributed by atoms with Crippen LogP contribution in [0.4, 0.5) is 11.6 Å². The van der Waals surface area contributed by atoms with E-state index in [4.69, 9.17) is 11.6 Å². The van der Waals surface area contributed by atoms with Gasteiger partial charge in [-0.05, 0) is 50.6 Å². The number of rotatable bonds is 8. The number of nitrogens with zero attached hydrogens (tertiary/aromatic N) is 4. The van der Waals surface area contributed by atoms with Gasteiger partial charge in [-0.3, -0.25) is 4.79 Å². The van der Waals surface area contributed by atoms with Crippen LogP contribution in [-0.2, 0) is 19.9 Å². The van der Waals surface area contributed by atoms with Crippen molar-refractivity contribution in [3.05, 3.63) is 58.6 Å². The zero-order valence-electron chi connectivity index (χ0n) is 18.4. The molecular weight excluding hydrogens is 504 g/mol. The van der Waals surface area contributed by atoms with Crippen LogP contribution in [0.3, 0.4) is 0 Å². The Morgan fingerprint density at radius 1 is 1.00 bits per heavy atom. The zero-order chi connectivity index (χ0) is 25.1. The van der Waals surface area contributed by atoms with Crippen LogP contribution < -0.4 is 10.0 Å². The molecule has 0 saturated heterocycles. The molecule has 2 aromatic heterocycles. The van der Waals surface area contributed by atoms with E-state index in [2.05, 4.69) is 30.0 Å². The normalized spacial score (nSPS) is 11.8. The van der Waals surface area contributed by atoms with Gasteiger partial charge in [-0.15, -0.1) is 0 Å². The Hall–Kier alpha value is -3.16. The van der Waals surface area contributed by atoms with Gasteiger partial charge in [0.1, 0.15) is 0 Å². The van der Waals surface area contributed by atoms with Gasteiger partial charge >= 0.3 is 0 Å². The first kappa shape index (κ1) is 25.5. The number of hydrogen-bond acceptors (Lipinski definition) is 9. The van der Waals surface area contributed by atoms with Crippen LogP contribution in [0.5, 0.6) is 0 Å². The molecule has 1 aromatic carbocycles. The standard InChI is InChI=1S/C20H21ClN6O5S2/c1-4-9-33(29,30)20-22-11-16(21)17(26-20)18(28)25-14-5-7-15(8-6-14)34(31,32)27-19-23-12(2)10-13(3)24-19/h5-8,10-11H,4,9H2,1-3H3,(H,25,28)(H,23,24,27). The zero-order valence-corrected chi connectivity index (χ0v) is 20.8. The number of aryl methyl sites for hydroxylation is 2. The minimum absolute atomic E-state index is 0.0536. The Morgan fingerprint density at radius 3 is 2.21 bits per heavy atom. The Morgan fingerprint density at radius 2 is 1.62 bits per heavy atom. The number of anilines is 2. The summed E-state index contributed by atoms with van der Waals surface area (Å²) in [6, 6.07) is 6.98. The third-order valence-electron chi connectivity index (χ3n) is 4.32. The molecule has 1 amide bonds. The number of aromatic nitrogens is 4. The summed E-state index contributed by atoms with van der Waals surface area (Å²) in [4.78, 5) is 28.2. The minimum Gasteiger partial charge on any atom is -0.321 e. The maximum Gasteiger partial charge on any atom is 0.275 e. The molecule has 0 spiro atoms. The lowest BCUT2D eigenvalue weighted by Crippen LogP contribution is -2.19. The van der Waals surface area contributed by atoms with Crippen molar-refractivity contribution in [2.75, 3.05) is 15.8 Å². The summed E-state index contributed by atoms with van der Waals surface area (Å²) < 4.78 is 52.0. The molecule has 0 atom stereocenters. The van der Waals surface area contributed by atoms with Gasteiger partial charge in [-0.25, -0.2) is 41.5 Å². The number of benzene rings is 1. The lowest BCUT2D eigenvalue weighted by molar-refractivity contribution is 0.102. The molecule has 0 fully saturated rings. The van der Waals surface area contributed by atoms with Crippen molar-refractivity contribution in [1.29, 1.82) is 0 Å². The van der Waals surface area contributed by atoms with Gasteiger partial charge in [0, 0.05) is 17.1 Å². The SMILES string of the molecule is CCCS(=O)(=O)c1ncc(Cl)c(C(=O)Nc2ccc(S(=O)(=O)Nc3nc(C)cc(C)n3)cc2)n1. The summed E-state index contributed by atoms with van der Waals surface area (Å²) in [5.41, 5.74) is 1.13. The Kier molecular flexibility index (Phi) is 7.48. The fraction of sp³-hybridized carbons (Fsp3) is 0.250. The van der Waals surface area contributed by atoms with Crippen molar-refractivity contribution in [2.24, 2.45) is 0 Å².